The second-order valence-corrected chi connectivity index (χ2v) is 5.31. The van der Waals surface area contributed by atoms with Crippen molar-refractivity contribution in [3.8, 4) is 11.6 Å². The first-order valence-corrected chi connectivity index (χ1v) is 7.11. The Bertz CT molecular complexity index is 528. The first kappa shape index (κ1) is 14.0. The number of benzene rings is 1. The highest BCUT2D eigenvalue weighted by molar-refractivity contribution is 9.10. The lowest BCUT2D eigenvalue weighted by Gasteiger charge is -2.13. The Morgan fingerprint density at radius 3 is 2.68 bits per heavy atom. The minimum absolute atomic E-state index is 0.136. The van der Waals surface area contributed by atoms with Crippen molar-refractivity contribution in [2.24, 2.45) is 5.73 Å². The standard InChI is InChI=1S/C15H17BrN2O/c1-2-13(17)10-11-4-3-9-18-15(11)19-14-7-5-12(16)6-8-14/h3-9,13H,2,10,17H2,1H3. The first-order valence-electron chi connectivity index (χ1n) is 6.32. The summed E-state index contributed by atoms with van der Waals surface area (Å²) in [6, 6.07) is 11.7. The molecule has 0 radical (unpaired) electrons. The fraction of sp³-hybridized carbons (Fsp3) is 0.267. The third-order valence-corrected chi connectivity index (χ3v) is 3.41. The van der Waals surface area contributed by atoms with Gasteiger partial charge in [-0.25, -0.2) is 4.98 Å². The highest BCUT2D eigenvalue weighted by Gasteiger charge is 2.09. The molecule has 0 spiro atoms. The summed E-state index contributed by atoms with van der Waals surface area (Å²) in [6.07, 6.45) is 3.44. The Balaban J connectivity index is 2.17. The van der Waals surface area contributed by atoms with Gasteiger partial charge in [0, 0.05) is 22.3 Å². The summed E-state index contributed by atoms with van der Waals surface area (Å²) in [7, 11) is 0. The van der Waals surface area contributed by atoms with E-state index in [1.165, 1.54) is 0 Å². The van der Waals surface area contributed by atoms with Gasteiger partial charge in [-0.1, -0.05) is 28.9 Å². The minimum Gasteiger partial charge on any atom is -0.439 e. The van der Waals surface area contributed by atoms with E-state index in [2.05, 4.69) is 27.8 Å². The Hall–Kier alpha value is -1.39. The Kier molecular flexibility index (Phi) is 4.93. The molecule has 0 fully saturated rings. The maximum absolute atomic E-state index is 6.00. The second-order valence-electron chi connectivity index (χ2n) is 4.40. The highest BCUT2D eigenvalue weighted by Crippen LogP contribution is 2.25. The molecule has 0 amide bonds. The first-order chi connectivity index (χ1) is 9.19. The quantitative estimate of drug-likeness (QED) is 0.908. The zero-order chi connectivity index (χ0) is 13.7. The molecule has 0 aliphatic carbocycles. The highest BCUT2D eigenvalue weighted by atomic mass is 79.9. The minimum atomic E-state index is 0.136. The normalized spacial score (nSPS) is 12.2. The Labute approximate surface area is 121 Å². The van der Waals surface area contributed by atoms with Crippen molar-refractivity contribution in [2.75, 3.05) is 0 Å². The van der Waals surface area contributed by atoms with Crippen molar-refractivity contribution in [3.63, 3.8) is 0 Å². The summed E-state index contributed by atoms with van der Waals surface area (Å²) in [5, 5.41) is 0. The van der Waals surface area contributed by atoms with Crippen LogP contribution < -0.4 is 10.5 Å². The lowest BCUT2D eigenvalue weighted by Crippen LogP contribution is -2.21. The van der Waals surface area contributed by atoms with Crippen molar-refractivity contribution < 1.29 is 4.74 Å². The van der Waals surface area contributed by atoms with Crippen LogP contribution in [0.1, 0.15) is 18.9 Å². The summed E-state index contributed by atoms with van der Waals surface area (Å²) in [4.78, 5) is 4.29. The largest absolute Gasteiger partial charge is 0.439 e. The van der Waals surface area contributed by atoms with Gasteiger partial charge in [0.1, 0.15) is 5.75 Å². The summed E-state index contributed by atoms with van der Waals surface area (Å²) >= 11 is 3.40. The van der Waals surface area contributed by atoms with E-state index in [4.69, 9.17) is 10.5 Å². The molecule has 0 aliphatic rings. The molecule has 19 heavy (non-hydrogen) atoms. The van der Waals surface area contributed by atoms with E-state index < -0.39 is 0 Å². The zero-order valence-corrected chi connectivity index (χ0v) is 12.4. The fourth-order valence-corrected chi connectivity index (χ4v) is 1.98. The van der Waals surface area contributed by atoms with Gasteiger partial charge < -0.3 is 10.5 Å². The smallest absolute Gasteiger partial charge is 0.222 e. The van der Waals surface area contributed by atoms with Gasteiger partial charge in [-0.3, -0.25) is 0 Å². The third-order valence-electron chi connectivity index (χ3n) is 2.88. The maximum atomic E-state index is 6.00. The van der Waals surface area contributed by atoms with Crippen LogP contribution in [0.2, 0.25) is 0 Å². The molecular weight excluding hydrogens is 304 g/mol. The third kappa shape index (κ3) is 4.04. The molecule has 4 heteroatoms. The number of halogens is 1. The molecular formula is C15H17BrN2O. The summed E-state index contributed by atoms with van der Waals surface area (Å²) in [6.45, 7) is 2.08. The van der Waals surface area contributed by atoms with Crippen LogP contribution in [0.25, 0.3) is 0 Å². The lowest BCUT2D eigenvalue weighted by atomic mass is 10.1. The molecule has 2 aromatic rings. The number of nitrogens with zero attached hydrogens (tertiary/aromatic N) is 1. The van der Waals surface area contributed by atoms with Crippen LogP contribution in [0.4, 0.5) is 0 Å². The van der Waals surface area contributed by atoms with Crippen LogP contribution in [0.15, 0.2) is 47.1 Å². The molecule has 100 valence electrons. The average Bonchev–Trinajstić information content (AvgIpc) is 2.43. The zero-order valence-electron chi connectivity index (χ0n) is 10.8. The number of ether oxygens (including phenoxy) is 1. The molecule has 0 saturated heterocycles. The van der Waals surface area contributed by atoms with E-state index in [9.17, 15) is 0 Å². The molecule has 2 rings (SSSR count). The molecule has 1 heterocycles. The molecule has 0 aliphatic heterocycles. The van der Waals surface area contributed by atoms with Gasteiger partial charge in [0.05, 0.1) is 0 Å². The number of hydrogen-bond acceptors (Lipinski definition) is 3. The number of hydrogen-bond donors (Lipinski definition) is 1. The lowest BCUT2D eigenvalue weighted by molar-refractivity contribution is 0.452. The number of rotatable bonds is 5. The number of pyridine rings is 1. The Morgan fingerprint density at radius 1 is 1.26 bits per heavy atom. The van der Waals surface area contributed by atoms with E-state index in [1.54, 1.807) is 6.20 Å². The van der Waals surface area contributed by atoms with E-state index in [1.807, 2.05) is 36.4 Å². The van der Waals surface area contributed by atoms with Crippen molar-refractivity contribution in [1.82, 2.24) is 4.98 Å². The topological polar surface area (TPSA) is 48.1 Å². The monoisotopic (exact) mass is 320 g/mol. The SMILES string of the molecule is CCC(N)Cc1cccnc1Oc1ccc(Br)cc1. The number of nitrogens with two attached hydrogens (primary N) is 1. The van der Waals surface area contributed by atoms with Gasteiger partial charge in [0.25, 0.3) is 0 Å². The molecule has 3 nitrogen and oxygen atoms in total. The van der Waals surface area contributed by atoms with Gasteiger partial charge in [-0.05, 0) is 43.2 Å². The second kappa shape index (κ2) is 6.68. The Morgan fingerprint density at radius 2 is 2.00 bits per heavy atom. The van der Waals surface area contributed by atoms with E-state index >= 15 is 0 Å². The van der Waals surface area contributed by atoms with Gasteiger partial charge >= 0.3 is 0 Å². The predicted molar refractivity (Wildman–Crippen MR) is 80.4 cm³/mol. The molecule has 0 bridgehead atoms. The summed E-state index contributed by atoms with van der Waals surface area (Å²) in [5.74, 6) is 1.40. The maximum Gasteiger partial charge on any atom is 0.222 e. The van der Waals surface area contributed by atoms with Crippen LogP contribution >= 0.6 is 15.9 Å². The van der Waals surface area contributed by atoms with E-state index in [0.29, 0.717) is 5.88 Å². The average molecular weight is 321 g/mol. The van der Waals surface area contributed by atoms with Crippen LogP contribution in [0.3, 0.4) is 0 Å². The van der Waals surface area contributed by atoms with Gasteiger partial charge in [0.2, 0.25) is 5.88 Å². The van der Waals surface area contributed by atoms with E-state index in [-0.39, 0.29) is 6.04 Å². The van der Waals surface area contributed by atoms with Crippen molar-refractivity contribution in [3.05, 3.63) is 52.6 Å². The van der Waals surface area contributed by atoms with Crippen molar-refractivity contribution in [1.29, 1.82) is 0 Å². The van der Waals surface area contributed by atoms with Crippen LogP contribution in [0.5, 0.6) is 11.6 Å². The molecule has 1 aromatic heterocycles. The van der Waals surface area contributed by atoms with Crippen molar-refractivity contribution >= 4 is 15.9 Å². The predicted octanol–water partition coefficient (Wildman–Crippen LogP) is 3.92. The summed E-state index contributed by atoms with van der Waals surface area (Å²) in [5.41, 5.74) is 7.04. The van der Waals surface area contributed by atoms with Crippen molar-refractivity contribution in [2.45, 2.75) is 25.8 Å². The van der Waals surface area contributed by atoms with Gasteiger partial charge in [0.15, 0.2) is 0 Å². The van der Waals surface area contributed by atoms with Crippen LogP contribution in [0, 0.1) is 0 Å². The van der Waals surface area contributed by atoms with Crippen LogP contribution in [-0.4, -0.2) is 11.0 Å². The number of aromatic nitrogens is 1. The summed E-state index contributed by atoms with van der Waals surface area (Å²) < 4.78 is 6.84. The van der Waals surface area contributed by atoms with E-state index in [0.717, 1.165) is 28.6 Å². The van der Waals surface area contributed by atoms with Gasteiger partial charge in [-0.15, -0.1) is 0 Å². The van der Waals surface area contributed by atoms with Crippen LogP contribution in [-0.2, 0) is 6.42 Å². The van der Waals surface area contributed by atoms with Gasteiger partial charge in [-0.2, -0.15) is 0 Å². The molecule has 1 aromatic carbocycles. The molecule has 1 unspecified atom stereocenters. The molecule has 1 atom stereocenters. The molecule has 2 N–H and O–H groups in total. The molecule has 0 saturated carbocycles. The fourth-order valence-electron chi connectivity index (χ4n) is 1.71.